The first-order valence-corrected chi connectivity index (χ1v) is 3.57. The van der Waals surface area contributed by atoms with Gasteiger partial charge in [0, 0.05) is 17.1 Å². The molecule has 11 heavy (non-hydrogen) atoms. The van der Waals surface area contributed by atoms with Crippen molar-refractivity contribution in [2.45, 2.75) is 26.2 Å². The maximum Gasteiger partial charge on any atom is 0 e. The van der Waals surface area contributed by atoms with Crippen molar-refractivity contribution in [1.82, 2.24) is 0 Å². The average Bonchev–Trinajstić information content (AvgIpc) is 1.88. The van der Waals surface area contributed by atoms with Crippen molar-refractivity contribution in [2.75, 3.05) is 0 Å². The minimum Gasteiger partial charge on any atom is -0.184 e. The van der Waals surface area contributed by atoms with E-state index < -0.39 is 0 Å². The average molecular weight is 189 g/mol. The molecule has 0 saturated heterocycles. The van der Waals surface area contributed by atoms with E-state index in [1.54, 1.807) is 0 Å². The van der Waals surface area contributed by atoms with Crippen molar-refractivity contribution in [3.05, 3.63) is 35.9 Å². The summed E-state index contributed by atoms with van der Waals surface area (Å²) < 4.78 is 0. The quantitative estimate of drug-likeness (QED) is 0.434. The predicted molar refractivity (Wildman–Crippen MR) is 44.0 cm³/mol. The monoisotopic (exact) mass is 189 g/mol. The smallest absolute Gasteiger partial charge is 0 e. The Morgan fingerprint density at radius 1 is 1.09 bits per heavy atom. The summed E-state index contributed by atoms with van der Waals surface area (Å²) >= 11 is 0. The molecule has 1 heteroatoms. The molecule has 0 N–H and O–H groups in total. The van der Waals surface area contributed by atoms with Crippen LogP contribution in [0, 0.1) is 6.07 Å². The van der Waals surface area contributed by atoms with E-state index in [1.165, 1.54) is 5.56 Å². The third kappa shape index (κ3) is 3.09. The van der Waals surface area contributed by atoms with Crippen molar-refractivity contribution < 1.29 is 17.1 Å². The SMILES string of the molecule is CC(C)(C)c1cc[c-]cc1.[Fe]. The minimum atomic E-state index is 0. The van der Waals surface area contributed by atoms with Crippen LogP contribution in [0.15, 0.2) is 24.3 Å². The molecule has 0 aromatic heterocycles. The summed E-state index contributed by atoms with van der Waals surface area (Å²) in [6.07, 6.45) is 0. The van der Waals surface area contributed by atoms with Gasteiger partial charge in [-0.1, -0.05) is 20.8 Å². The van der Waals surface area contributed by atoms with E-state index in [1.807, 2.05) is 12.1 Å². The Kier molecular flexibility index (Phi) is 3.85. The third-order valence-corrected chi connectivity index (χ3v) is 1.58. The van der Waals surface area contributed by atoms with Gasteiger partial charge < -0.3 is 0 Å². The fraction of sp³-hybridized carbons (Fsp3) is 0.400. The molecule has 1 aromatic carbocycles. The normalized spacial score (nSPS) is 10.5. The van der Waals surface area contributed by atoms with E-state index in [4.69, 9.17) is 0 Å². The maximum atomic E-state index is 3.00. The van der Waals surface area contributed by atoms with E-state index in [2.05, 4.69) is 39.0 Å². The van der Waals surface area contributed by atoms with Crippen molar-refractivity contribution in [2.24, 2.45) is 0 Å². The van der Waals surface area contributed by atoms with Gasteiger partial charge in [0.15, 0.2) is 0 Å². The van der Waals surface area contributed by atoms with Crippen LogP contribution in [0.3, 0.4) is 0 Å². The molecule has 0 atom stereocenters. The Balaban J connectivity index is 0.000001000. The second-order valence-corrected chi connectivity index (χ2v) is 3.54. The molecule has 0 aliphatic rings. The van der Waals surface area contributed by atoms with Crippen LogP contribution in [0.4, 0.5) is 0 Å². The molecule has 0 aliphatic carbocycles. The topological polar surface area (TPSA) is 0 Å². The molecular formula is C10H13Fe-. The van der Waals surface area contributed by atoms with Crippen LogP contribution in [0.1, 0.15) is 26.3 Å². The van der Waals surface area contributed by atoms with Gasteiger partial charge in [-0.2, -0.15) is 35.9 Å². The molecular weight excluding hydrogens is 176 g/mol. The van der Waals surface area contributed by atoms with Gasteiger partial charge in [0.25, 0.3) is 0 Å². The molecule has 0 bridgehead atoms. The van der Waals surface area contributed by atoms with Gasteiger partial charge in [0.1, 0.15) is 0 Å². The molecule has 0 fully saturated rings. The first kappa shape index (κ1) is 10.7. The van der Waals surface area contributed by atoms with Gasteiger partial charge in [-0.25, -0.2) is 0 Å². The summed E-state index contributed by atoms with van der Waals surface area (Å²) in [5.41, 5.74) is 1.64. The Hall–Kier alpha value is -0.261. The fourth-order valence-corrected chi connectivity index (χ4v) is 0.887. The Morgan fingerprint density at radius 2 is 1.55 bits per heavy atom. The van der Waals surface area contributed by atoms with Crippen LogP contribution < -0.4 is 0 Å². The number of benzene rings is 1. The zero-order valence-corrected chi connectivity index (χ0v) is 8.27. The number of hydrogen-bond acceptors (Lipinski definition) is 0. The summed E-state index contributed by atoms with van der Waals surface area (Å²) in [5, 5.41) is 0. The van der Waals surface area contributed by atoms with Crippen molar-refractivity contribution in [3.8, 4) is 0 Å². The van der Waals surface area contributed by atoms with Gasteiger partial charge in [-0.15, -0.1) is 0 Å². The summed E-state index contributed by atoms with van der Waals surface area (Å²) in [5.74, 6) is 0. The van der Waals surface area contributed by atoms with Crippen molar-refractivity contribution in [3.63, 3.8) is 0 Å². The first-order valence-electron chi connectivity index (χ1n) is 3.57. The summed E-state index contributed by atoms with van der Waals surface area (Å²) in [4.78, 5) is 0. The molecule has 0 radical (unpaired) electrons. The minimum absolute atomic E-state index is 0. The summed E-state index contributed by atoms with van der Waals surface area (Å²) in [7, 11) is 0. The van der Waals surface area contributed by atoms with Gasteiger partial charge in [0.05, 0.1) is 0 Å². The molecule has 1 aromatic rings. The van der Waals surface area contributed by atoms with E-state index in [0.29, 0.717) is 0 Å². The molecule has 1 rings (SSSR count). The second-order valence-electron chi connectivity index (χ2n) is 3.54. The number of rotatable bonds is 0. The van der Waals surface area contributed by atoms with Gasteiger partial charge in [0.2, 0.25) is 0 Å². The molecule has 0 saturated carbocycles. The summed E-state index contributed by atoms with van der Waals surface area (Å²) in [6.45, 7) is 6.63. The largest absolute Gasteiger partial charge is 0.184 e. The Bertz CT molecular complexity index is 196. The van der Waals surface area contributed by atoms with E-state index in [-0.39, 0.29) is 22.5 Å². The van der Waals surface area contributed by atoms with Gasteiger partial charge >= 0.3 is 0 Å². The van der Waals surface area contributed by atoms with Crippen LogP contribution in [0.25, 0.3) is 0 Å². The molecule has 0 aliphatic heterocycles. The third-order valence-electron chi connectivity index (χ3n) is 1.58. The maximum absolute atomic E-state index is 3.00. The van der Waals surface area contributed by atoms with Crippen LogP contribution in [0.2, 0.25) is 0 Å². The Morgan fingerprint density at radius 3 is 1.82 bits per heavy atom. The molecule has 0 heterocycles. The zero-order valence-electron chi connectivity index (χ0n) is 7.16. The van der Waals surface area contributed by atoms with Crippen LogP contribution in [-0.4, -0.2) is 0 Å². The fourth-order valence-electron chi connectivity index (χ4n) is 0.887. The standard InChI is InChI=1S/C10H13.Fe/c1-10(2,3)9-7-5-4-6-8-9;/h5-8H,1-3H3;/q-1;. The summed E-state index contributed by atoms with van der Waals surface area (Å²) in [6, 6.07) is 11.1. The molecule has 0 amide bonds. The molecule has 62 valence electrons. The molecule has 0 spiro atoms. The van der Waals surface area contributed by atoms with Gasteiger partial charge in [-0.3, -0.25) is 0 Å². The van der Waals surface area contributed by atoms with Crippen molar-refractivity contribution in [1.29, 1.82) is 0 Å². The van der Waals surface area contributed by atoms with Crippen molar-refractivity contribution >= 4 is 0 Å². The Labute approximate surface area is 79.5 Å². The van der Waals surface area contributed by atoms with Crippen LogP contribution >= 0.6 is 0 Å². The van der Waals surface area contributed by atoms with E-state index >= 15 is 0 Å². The zero-order chi connectivity index (χ0) is 7.61. The molecule has 0 nitrogen and oxygen atoms in total. The number of hydrogen-bond donors (Lipinski definition) is 0. The van der Waals surface area contributed by atoms with E-state index in [0.717, 1.165) is 0 Å². The van der Waals surface area contributed by atoms with Crippen LogP contribution in [-0.2, 0) is 22.5 Å². The van der Waals surface area contributed by atoms with Crippen LogP contribution in [0.5, 0.6) is 0 Å². The van der Waals surface area contributed by atoms with E-state index in [9.17, 15) is 0 Å². The van der Waals surface area contributed by atoms with Gasteiger partial charge in [-0.05, 0) is 5.41 Å². The second kappa shape index (κ2) is 3.94. The predicted octanol–water partition coefficient (Wildman–Crippen LogP) is 2.78. The molecule has 0 unspecified atom stereocenters. The first-order chi connectivity index (χ1) is 4.61.